The molecule has 14 heteroatoms. The molecule has 2 aliphatic heterocycles. The standard InChI is InChI=1S/C41H41FIN7O5/c1-23-36-35(37(47(2)39(23)53)45-33-13-9-26(43)20-32(33)42)40(54)50(28-10-11-28)41(55)49(36)30-8-4-6-27(21-30)44-22-24-15-17-48(18-16-24)29-7-3-5-25(19-29)31-12-14-34(51)46-38(31)52/h3-9,13,19-21,24,28,31,44-45H,10-12,14-18,22H2,1-2H3,(H,46,51,52). The highest BCUT2D eigenvalue weighted by Crippen LogP contribution is 2.35. The quantitative estimate of drug-likeness (QED) is 0.124. The molecule has 55 heavy (non-hydrogen) atoms. The molecule has 0 radical (unpaired) electrons. The number of aryl methyl sites for hydroxylation is 1. The number of rotatable bonds is 9. The van der Waals surface area contributed by atoms with E-state index in [4.69, 9.17) is 0 Å². The molecule has 3 aliphatic rings. The largest absolute Gasteiger partial charge is 0.385 e. The number of piperidine rings is 2. The number of benzene rings is 3. The number of aromatic nitrogens is 3. The molecule has 3 fully saturated rings. The summed E-state index contributed by atoms with van der Waals surface area (Å²) in [6.07, 6.45) is 4.13. The number of halogens is 2. The Bertz CT molecular complexity index is 2550. The first-order valence-corrected chi connectivity index (χ1v) is 19.7. The van der Waals surface area contributed by atoms with Crippen molar-refractivity contribution < 1.29 is 14.0 Å². The van der Waals surface area contributed by atoms with Gasteiger partial charge in [0.2, 0.25) is 11.8 Å². The van der Waals surface area contributed by atoms with Crippen molar-refractivity contribution in [1.82, 2.24) is 19.0 Å². The second-order valence-electron chi connectivity index (χ2n) is 14.8. The van der Waals surface area contributed by atoms with Crippen molar-refractivity contribution in [3.63, 3.8) is 0 Å². The number of imide groups is 1. The number of amides is 2. The normalized spacial score (nSPS) is 17.7. The fourth-order valence-electron chi connectivity index (χ4n) is 7.94. The van der Waals surface area contributed by atoms with Gasteiger partial charge in [0, 0.05) is 59.7 Å². The summed E-state index contributed by atoms with van der Waals surface area (Å²) in [5, 5.41) is 9.18. The van der Waals surface area contributed by atoms with E-state index in [0.29, 0.717) is 47.4 Å². The highest BCUT2D eigenvalue weighted by Gasteiger charge is 2.32. The summed E-state index contributed by atoms with van der Waals surface area (Å²) in [7, 11) is 1.53. The molecule has 8 rings (SSSR count). The van der Waals surface area contributed by atoms with Gasteiger partial charge < -0.3 is 15.5 Å². The van der Waals surface area contributed by atoms with Crippen LogP contribution in [0.4, 0.5) is 27.3 Å². The summed E-state index contributed by atoms with van der Waals surface area (Å²) in [6.45, 7) is 4.02. The van der Waals surface area contributed by atoms with Crippen molar-refractivity contribution in [2.45, 2.75) is 57.4 Å². The van der Waals surface area contributed by atoms with Crippen molar-refractivity contribution in [3.05, 3.63) is 118 Å². The van der Waals surface area contributed by atoms with Crippen LogP contribution in [-0.2, 0) is 16.6 Å². The highest BCUT2D eigenvalue weighted by atomic mass is 127. The zero-order valence-corrected chi connectivity index (χ0v) is 32.7. The van der Waals surface area contributed by atoms with Gasteiger partial charge in [0.25, 0.3) is 11.1 Å². The van der Waals surface area contributed by atoms with E-state index in [9.17, 15) is 24.0 Å². The minimum atomic E-state index is -0.535. The van der Waals surface area contributed by atoms with Crippen LogP contribution in [0, 0.1) is 22.2 Å². The van der Waals surface area contributed by atoms with Gasteiger partial charge in [-0.1, -0.05) is 18.2 Å². The van der Waals surface area contributed by atoms with Gasteiger partial charge in [-0.15, -0.1) is 0 Å². The zero-order valence-electron chi connectivity index (χ0n) is 30.5. The Balaban J connectivity index is 1.05. The Morgan fingerprint density at radius 1 is 0.873 bits per heavy atom. The van der Waals surface area contributed by atoms with E-state index in [-0.39, 0.29) is 51.7 Å². The Labute approximate surface area is 329 Å². The molecule has 2 amide bonds. The fraction of sp³-hybridized carbons (Fsp3) is 0.341. The molecule has 284 valence electrons. The van der Waals surface area contributed by atoms with Crippen LogP contribution in [0.2, 0.25) is 0 Å². The third-order valence-electron chi connectivity index (χ3n) is 11.1. The van der Waals surface area contributed by atoms with Gasteiger partial charge in [-0.25, -0.2) is 9.18 Å². The van der Waals surface area contributed by atoms with Gasteiger partial charge in [0.05, 0.1) is 22.8 Å². The summed E-state index contributed by atoms with van der Waals surface area (Å²) in [6, 6.07) is 19.9. The summed E-state index contributed by atoms with van der Waals surface area (Å²) in [5.74, 6) is -0.810. The van der Waals surface area contributed by atoms with Gasteiger partial charge in [-0.2, -0.15) is 0 Å². The monoisotopic (exact) mass is 857 g/mol. The lowest BCUT2D eigenvalue weighted by Gasteiger charge is -2.34. The third kappa shape index (κ3) is 7.07. The summed E-state index contributed by atoms with van der Waals surface area (Å²) >= 11 is 2.01. The molecule has 3 N–H and O–H groups in total. The first-order chi connectivity index (χ1) is 26.5. The first-order valence-electron chi connectivity index (χ1n) is 18.6. The third-order valence-corrected chi connectivity index (χ3v) is 11.8. The number of anilines is 4. The first kappa shape index (κ1) is 36.7. The van der Waals surface area contributed by atoms with Crippen molar-refractivity contribution in [3.8, 4) is 5.69 Å². The summed E-state index contributed by atoms with van der Waals surface area (Å²) in [4.78, 5) is 68.7. The van der Waals surface area contributed by atoms with Crippen LogP contribution in [0.25, 0.3) is 16.6 Å². The van der Waals surface area contributed by atoms with Gasteiger partial charge in [-0.3, -0.25) is 38.2 Å². The lowest BCUT2D eigenvalue weighted by Crippen LogP contribution is -2.41. The number of hydrogen-bond acceptors (Lipinski definition) is 8. The van der Waals surface area contributed by atoms with E-state index in [2.05, 4.69) is 33.0 Å². The maximum Gasteiger partial charge on any atom is 0.336 e. The number of pyridine rings is 1. The topological polar surface area (TPSA) is 139 Å². The molecule has 5 aromatic rings. The average Bonchev–Trinajstić information content (AvgIpc) is 4.01. The molecule has 0 bridgehead atoms. The lowest BCUT2D eigenvalue weighted by molar-refractivity contribution is -0.134. The molecule has 1 unspecified atom stereocenters. The van der Waals surface area contributed by atoms with E-state index in [1.54, 1.807) is 25.1 Å². The summed E-state index contributed by atoms with van der Waals surface area (Å²) < 4.78 is 19.8. The van der Waals surface area contributed by atoms with Gasteiger partial charge >= 0.3 is 5.69 Å². The lowest BCUT2D eigenvalue weighted by atomic mass is 9.90. The summed E-state index contributed by atoms with van der Waals surface area (Å²) in [5.41, 5.74) is 2.36. The maximum atomic E-state index is 15.1. The molecule has 3 aromatic carbocycles. The van der Waals surface area contributed by atoms with Crippen LogP contribution >= 0.6 is 22.6 Å². The predicted molar refractivity (Wildman–Crippen MR) is 219 cm³/mol. The van der Waals surface area contributed by atoms with Crippen LogP contribution in [0.5, 0.6) is 0 Å². The Kier molecular flexibility index (Phi) is 9.86. The molecule has 2 aromatic heterocycles. The van der Waals surface area contributed by atoms with Crippen molar-refractivity contribution in [2.75, 3.05) is 35.2 Å². The molecule has 12 nitrogen and oxygen atoms in total. The number of hydrogen-bond donors (Lipinski definition) is 3. The zero-order chi connectivity index (χ0) is 38.5. The number of carbonyl (C=O) groups excluding carboxylic acids is 2. The SMILES string of the molecule is Cc1c(=O)n(C)c(Nc2ccc(I)cc2F)c2c(=O)n(C3CC3)c(=O)n(-c3cccc(NCC4CCN(c5cccc(C6CCC(=O)NC6=O)c5)CC4)c3)c12. The molecule has 1 aliphatic carbocycles. The molecule has 1 atom stereocenters. The van der Waals surface area contributed by atoms with Crippen molar-refractivity contribution in [2.24, 2.45) is 13.0 Å². The van der Waals surface area contributed by atoms with Crippen LogP contribution in [0.1, 0.15) is 61.6 Å². The van der Waals surface area contributed by atoms with Gasteiger partial charge in [-0.05, 0) is 122 Å². The van der Waals surface area contributed by atoms with Crippen LogP contribution in [-0.4, -0.2) is 45.1 Å². The fourth-order valence-corrected chi connectivity index (χ4v) is 8.39. The van der Waals surface area contributed by atoms with Crippen LogP contribution < -0.4 is 37.7 Å². The van der Waals surface area contributed by atoms with E-state index >= 15 is 4.39 Å². The van der Waals surface area contributed by atoms with Gasteiger partial charge in [0.1, 0.15) is 17.0 Å². The maximum absolute atomic E-state index is 15.1. The van der Waals surface area contributed by atoms with E-state index in [1.807, 2.05) is 52.9 Å². The predicted octanol–water partition coefficient (Wildman–Crippen LogP) is 5.83. The van der Waals surface area contributed by atoms with Crippen LogP contribution in [0.3, 0.4) is 0 Å². The van der Waals surface area contributed by atoms with E-state index in [0.717, 1.165) is 42.9 Å². The van der Waals surface area contributed by atoms with E-state index in [1.165, 1.54) is 26.8 Å². The van der Waals surface area contributed by atoms with Crippen LogP contribution in [0.15, 0.2) is 81.1 Å². The molecule has 1 saturated carbocycles. The highest BCUT2D eigenvalue weighted by molar-refractivity contribution is 14.1. The Morgan fingerprint density at radius 2 is 1.62 bits per heavy atom. The number of nitrogens with zero attached hydrogens (tertiary/aromatic N) is 4. The molecular weight excluding hydrogens is 816 g/mol. The van der Waals surface area contributed by atoms with E-state index < -0.39 is 22.6 Å². The molecular formula is C41H41FIN7O5. The second kappa shape index (κ2) is 14.8. The smallest absolute Gasteiger partial charge is 0.336 e. The molecule has 0 spiro atoms. The minimum Gasteiger partial charge on any atom is -0.385 e. The molecule has 4 heterocycles. The second-order valence-corrected chi connectivity index (χ2v) is 16.0. The molecule has 2 saturated heterocycles. The van der Waals surface area contributed by atoms with Crippen molar-refractivity contribution >= 4 is 68.2 Å². The average molecular weight is 858 g/mol. The Morgan fingerprint density at radius 3 is 2.35 bits per heavy atom. The Hall–Kier alpha value is -5.25. The number of nitrogens with one attached hydrogen (secondary N) is 3. The van der Waals surface area contributed by atoms with Gasteiger partial charge in [0.15, 0.2) is 0 Å². The number of carbonyl (C=O) groups is 2. The minimum absolute atomic E-state index is 0.105. The van der Waals surface area contributed by atoms with Crippen molar-refractivity contribution in [1.29, 1.82) is 0 Å². The number of fused-ring (bicyclic) bond motifs is 1.